The minimum atomic E-state index is 0. The van der Waals surface area contributed by atoms with Gasteiger partial charge >= 0.3 is 0 Å². The van der Waals surface area contributed by atoms with E-state index in [0.717, 1.165) is 68.9 Å². The first-order valence-electron chi connectivity index (χ1n) is 9.36. The highest BCUT2D eigenvalue weighted by Crippen LogP contribution is 2.18. The van der Waals surface area contributed by atoms with Gasteiger partial charge in [-0.25, -0.2) is 4.98 Å². The van der Waals surface area contributed by atoms with E-state index in [1.165, 1.54) is 9.75 Å². The van der Waals surface area contributed by atoms with Crippen LogP contribution in [0.25, 0.3) is 0 Å². The molecule has 27 heavy (non-hydrogen) atoms. The molecule has 0 radical (unpaired) electrons. The summed E-state index contributed by atoms with van der Waals surface area (Å²) in [5.74, 6) is 1.06. The molecule has 5 nitrogen and oxygen atoms in total. The topological polar surface area (TPSA) is 43.8 Å². The number of nitrogens with one attached hydrogen (secondary N) is 1. The molecule has 1 fully saturated rings. The first-order valence-corrected chi connectivity index (χ1v) is 11.1. The Hall–Kier alpha value is -0.710. The summed E-state index contributed by atoms with van der Waals surface area (Å²) in [6.07, 6.45) is 0.977. The van der Waals surface area contributed by atoms with Crippen LogP contribution in [0.15, 0.2) is 22.5 Å². The van der Waals surface area contributed by atoms with E-state index in [1.807, 2.05) is 11.3 Å². The molecule has 0 aromatic carbocycles. The minimum Gasteiger partial charge on any atom is -0.357 e. The van der Waals surface area contributed by atoms with Gasteiger partial charge in [0.25, 0.3) is 0 Å². The van der Waals surface area contributed by atoms with Crippen LogP contribution in [0, 0.1) is 13.8 Å². The summed E-state index contributed by atoms with van der Waals surface area (Å²) in [4.78, 5) is 17.1. The van der Waals surface area contributed by atoms with Crippen LogP contribution in [-0.4, -0.2) is 60.0 Å². The van der Waals surface area contributed by atoms with E-state index >= 15 is 0 Å². The Morgan fingerprint density at radius 1 is 1.26 bits per heavy atom. The van der Waals surface area contributed by atoms with Gasteiger partial charge in [0.15, 0.2) is 5.96 Å². The van der Waals surface area contributed by atoms with Crippen molar-refractivity contribution in [3.63, 3.8) is 0 Å². The van der Waals surface area contributed by atoms with Crippen molar-refractivity contribution in [2.45, 2.75) is 33.7 Å². The van der Waals surface area contributed by atoms with Crippen molar-refractivity contribution < 1.29 is 0 Å². The zero-order chi connectivity index (χ0) is 18.4. The SMILES string of the molecule is CCNC(=NCCc1sc(C)nc1C)N1CCN(Cc2cccs2)CC1.I. The lowest BCUT2D eigenvalue weighted by Crippen LogP contribution is -2.52. The molecule has 0 amide bonds. The van der Waals surface area contributed by atoms with Gasteiger partial charge in [0.05, 0.1) is 10.7 Å². The molecular weight excluding hydrogens is 489 g/mol. The molecule has 1 N–H and O–H groups in total. The Bertz CT molecular complexity index is 706. The van der Waals surface area contributed by atoms with Gasteiger partial charge < -0.3 is 10.2 Å². The Morgan fingerprint density at radius 3 is 2.63 bits per heavy atom. The molecule has 2 aromatic rings. The highest BCUT2D eigenvalue weighted by atomic mass is 127. The highest BCUT2D eigenvalue weighted by molar-refractivity contribution is 14.0. The zero-order valence-electron chi connectivity index (χ0n) is 16.4. The average molecular weight is 520 g/mol. The minimum absolute atomic E-state index is 0. The third kappa shape index (κ3) is 6.69. The maximum absolute atomic E-state index is 4.88. The predicted molar refractivity (Wildman–Crippen MR) is 128 cm³/mol. The molecule has 1 saturated heterocycles. The Balaban J connectivity index is 0.00000261. The quantitative estimate of drug-likeness (QED) is 0.359. The maximum Gasteiger partial charge on any atom is 0.194 e. The van der Waals surface area contributed by atoms with Crippen LogP contribution in [0.3, 0.4) is 0 Å². The monoisotopic (exact) mass is 519 g/mol. The number of thiophene rings is 1. The molecule has 0 bridgehead atoms. The van der Waals surface area contributed by atoms with Crippen LogP contribution in [0.4, 0.5) is 0 Å². The van der Waals surface area contributed by atoms with Gasteiger partial charge in [0, 0.05) is 62.0 Å². The molecule has 1 aliphatic heterocycles. The second kappa shape index (κ2) is 11.3. The molecule has 0 saturated carbocycles. The largest absolute Gasteiger partial charge is 0.357 e. The third-order valence-corrected chi connectivity index (χ3v) is 6.56. The van der Waals surface area contributed by atoms with Gasteiger partial charge in [-0.05, 0) is 32.2 Å². The van der Waals surface area contributed by atoms with E-state index in [9.17, 15) is 0 Å². The summed E-state index contributed by atoms with van der Waals surface area (Å²) in [6, 6.07) is 4.37. The van der Waals surface area contributed by atoms with E-state index < -0.39 is 0 Å². The van der Waals surface area contributed by atoms with Crippen LogP contribution in [-0.2, 0) is 13.0 Å². The summed E-state index contributed by atoms with van der Waals surface area (Å²) < 4.78 is 0. The van der Waals surface area contributed by atoms with Gasteiger partial charge in [-0.2, -0.15) is 0 Å². The fourth-order valence-corrected chi connectivity index (χ4v) is 4.91. The molecule has 2 aromatic heterocycles. The van der Waals surface area contributed by atoms with Crippen molar-refractivity contribution in [2.24, 2.45) is 4.99 Å². The number of thiazole rings is 1. The number of aromatic nitrogens is 1. The third-order valence-electron chi connectivity index (χ3n) is 4.57. The summed E-state index contributed by atoms with van der Waals surface area (Å²) in [6.45, 7) is 13.4. The molecule has 8 heteroatoms. The van der Waals surface area contributed by atoms with Crippen LogP contribution >= 0.6 is 46.7 Å². The smallest absolute Gasteiger partial charge is 0.194 e. The van der Waals surface area contributed by atoms with Crippen molar-refractivity contribution in [2.75, 3.05) is 39.3 Å². The highest BCUT2D eigenvalue weighted by Gasteiger charge is 2.19. The lowest BCUT2D eigenvalue weighted by Gasteiger charge is -2.36. The number of hydrogen-bond acceptors (Lipinski definition) is 5. The predicted octanol–water partition coefficient (Wildman–Crippen LogP) is 3.77. The number of nitrogens with zero attached hydrogens (tertiary/aromatic N) is 4. The van der Waals surface area contributed by atoms with E-state index in [4.69, 9.17) is 4.99 Å². The van der Waals surface area contributed by atoms with Gasteiger partial charge in [0.1, 0.15) is 0 Å². The summed E-state index contributed by atoms with van der Waals surface area (Å²) in [5.41, 5.74) is 1.16. The maximum atomic E-state index is 4.88. The Kier molecular flexibility index (Phi) is 9.47. The number of aliphatic imine (C=N–C) groups is 1. The number of rotatable bonds is 6. The molecule has 0 aliphatic carbocycles. The van der Waals surface area contributed by atoms with Crippen molar-refractivity contribution in [1.29, 1.82) is 0 Å². The first kappa shape index (κ1) is 22.6. The van der Waals surface area contributed by atoms with Gasteiger partial charge in [-0.15, -0.1) is 46.7 Å². The zero-order valence-corrected chi connectivity index (χ0v) is 20.4. The molecule has 1 aliphatic rings. The molecule has 0 unspecified atom stereocenters. The second-order valence-electron chi connectivity index (χ2n) is 6.57. The summed E-state index contributed by atoms with van der Waals surface area (Å²) >= 11 is 3.64. The van der Waals surface area contributed by atoms with Crippen LogP contribution in [0.5, 0.6) is 0 Å². The summed E-state index contributed by atoms with van der Waals surface area (Å²) in [7, 11) is 0. The number of hydrogen-bond donors (Lipinski definition) is 1. The van der Waals surface area contributed by atoms with Gasteiger partial charge in [-0.1, -0.05) is 6.07 Å². The number of piperazine rings is 1. The molecule has 0 spiro atoms. The first-order chi connectivity index (χ1) is 12.7. The van der Waals surface area contributed by atoms with E-state index in [0.29, 0.717) is 0 Å². The molecule has 3 rings (SSSR count). The van der Waals surface area contributed by atoms with E-state index in [1.54, 1.807) is 11.3 Å². The Morgan fingerprint density at radius 2 is 2.04 bits per heavy atom. The van der Waals surface area contributed by atoms with Gasteiger partial charge in [-0.3, -0.25) is 9.89 Å². The van der Waals surface area contributed by atoms with Gasteiger partial charge in [0.2, 0.25) is 0 Å². The fraction of sp³-hybridized carbons (Fsp3) is 0.579. The van der Waals surface area contributed by atoms with Crippen molar-refractivity contribution in [1.82, 2.24) is 20.1 Å². The lowest BCUT2D eigenvalue weighted by molar-refractivity contribution is 0.173. The van der Waals surface area contributed by atoms with E-state index in [-0.39, 0.29) is 24.0 Å². The van der Waals surface area contributed by atoms with Crippen molar-refractivity contribution in [3.8, 4) is 0 Å². The number of guanidine groups is 1. The van der Waals surface area contributed by atoms with Crippen molar-refractivity contribution in [3.05, 3.63) is 38.0 Å². The second-order valence-corrected chi connectivity index (χ2v) is 8.89. The summed E-state index contributed by atoms with van der Waals surface area (Å²) in [5, 5.41) is 6.77. The standard InChI is InChI=1S/C19H29N5S2.HI/c1-4-20-19(21-8-7-18-15(2)22-16(3)26-18)24-11-9-23(10-12-24)14-17-6-5-13-25-17;/h5-6,13H,4,7-12,14H2,1-3H3,(H,20,21);1H. The van der Waals surface area contributed by atoms with E-state index in [2.05, 4.69) is 58.4 Å². The van der Waals surface area contributed by atoms with Crippen LogP contribution in [0.2, 0.25) is 0 Å². The normalized spacial score (nSPS) is 15.7. The van der Waals surface area contributed by atoms with Crippen LogP contribution in [0.1, 0.15) is 27.4 Å². The fourth-order valence-electron chi connectivity index (χ4n) is 3.24. The average Bonchev–Trinajstić information content (AvgIpc) is 3.24. The number of aryl methyl sites for hydroxylation is 2. The number of halogens is 1. The molecule has 3 heterocycles. The molecule has 0 atom stereocenters. The van der Waals surface area contributed by atoms with Crippen molar-refractivity contribution >= 4 is 52.6 Å². The molecular formula is C19H30IN5S2. The van der Waals surface area contributed by atoms with Crippen LogP contribution < -0.4 is 5.32 Å². The molecule has 150 valence electrons. The lowest BCUT2D eigenvalue weighted by atomic mass is 10.3. The Labute approximate surface area is 187 Å².